The zero-order chi connectivity index (χ0) is 15.5. The van der Waals surface area contributed by atoms with Gasteiger partial charge in [-0.2, -0.15) is 0 Å². The number of aromatic nitrogens is 2. The Morgan fingerprint density at radius 3 is 2.68 bits per heavy atom. The molecule has 0 bridgehead atoms. The highest BCUT2D eigenvalue weighted by molar-refractivity contribution is 5.75. The minimum Gasteiger partial charge on any atom is -0.493 e. The third-order valence-electron chi connectivity index (χ3n) is 4.18. The molecule has 0 saturated carbocycles. The molecule has 1 aromatic heterocycles. The molecule has 0 fully saturated rings. The lowest BCUT2D eigenvalue weighted by molar-refractivity contribution is 0.300. The average molecular weight is 294 g/mol. The van der Waals surface area contributed by atoms with E-state index in [0.717, 1.165) is 36.7 Å². The molecule has 0 unspecified atom stereocenters. The van der Waals surface area contributed by atoms with E-state index in [-0.39, 0.29) is 0 Å². The topological polar surface area (TPSA) is 27.1 Å². The Morgan fingerprint density at radius 1 is 1.00 bits per heavy atom. The number of rotatable bonds is 5. The molecule has 3 rings (SSSR count). The van der Waals surface area contributed by atoms with E-state index in [1.54, 1.807) is 0 Å². The van der Waals surface area contributed by atoms with Crippen LogP contribution in [0.15, 0.2) is 42.5 Å². The van der Waals surface area contributed by atoms with Gasteiger partial charge >= 0.3 is 0 Å². The normalized spacial score (nSPS) is 11.0. The van der Waals surface area contributed by atoms with E-state index >= 15 is 0 Å². The Balaban J connectivity index is 1.63. The molecule has 2 aromatic carbocycles. The minimum atomic E-state index is 0.718. The summed E-state index contributed by atoms with van der Waals surface area (Å²) < 4.78 is 8.20. The molecule has 3 aromatic rings. The van der Waals surface area contributed by atoms with Crippen LogP contribution in [0.5, 0.6) is 5.75 Å². The zero-order valence-electron chi connectivity index (χ0n) is 13.5. The summed E-state index contributed by atoms with van der Waals surface area (Å²) in [5.41, 5.74) is 4.77. The molecule has 1 heterocycles. The Kier molecular flexibility index (Phi) is 4.14. The first kappa shape index (κ1) is 14.6. The van der Waals surface area contributed by atoms with Crippen LogP contribution in [-0.2, 0) is 6.54 Å². The SMILES string of the molecule is Cc1cccc(OCCCn2c(C)nc3ccccc32)c1C. The molecule has 0 radical (unpaired) electrons. The molecule has 22 heavy (non-hydrogen) atoms. The molecule has 0 spiro atoms. The molecule has 0 aliphatic heterocycles. The lowest BCUT2D eigenvalue weighted by Gasteiger charge is -2.11. The van der Waals surface area contributed by atoms with Crippen molar-refractivity contribution in [3.63, 3.8) is 0 Å². The fourth-order valence-corrected chi connectivity index (χ4v) is 2.76. The number of imidazole rings is 1. The van der Waals surface area contributed by atoms with Crippen molar-refractivity contribution in [1.82, 2.24) is 9.55 Å². The Bertz CT molecular complexity index is 789. The predicted molar refractivity (Wildman–Crippen MR) is 90.5 cm³/mol. The van der Waals surface area contributed by atoms with Crippen LogP contribution in [0.25, 0.3) is 11.0 Å². The first-order valence-corrected chi connectivity index (χ1v) is 7.77. The van der Waals surface area contributed by atoms with E-state index < -0.39 is 0 Å². The summed E-state index contributed by atoms with van der Waals surface area (Å²) in [6, 6.07) is 14.5. The van der Waals surface area contributed by atoms with Crippen molar-refractivity contribution in [1.29, 1.82) is 0 Å². The van der Waals surface area contributed by atoms with Crippen LogP contribution in [0.2, 0.25) is 0 Å². The monoisotopic (exact) mass is 294 g/mol. The molecule has 0 N–H and O–H groups in total. The molecule has 0 saturated heterocycles. The summed E-state index contributed by atoms with van der Waals surface area (Å²) >= 11 is 0. The smallest absolute Gasteiger partial charge is 0.122 e. The van der Waals surface area contributed by atoms with Crippen molar-refractivity contribution in [3.8, 4) is 5.75 Å². The van der Waals surface area contributed by atoms with Gasteiger partial charge in [-0.05, 0) is 56.5 Å². The first-order valence-electron chi connectivity index (χ1n) is 7.77. The number of benzene rings is 2. The standard InChI is InChI=1S/C19H22N2O/c1-14-8-6-11-19(15(14)2)22-13-7-12-21-16(3)20-17-9-4-5-10-18(17)21/h4-6,8-11H,7,12-13H2,1-3H3. The van der Waals surface area contributed by atoms with Crippen LogP contribution in [0.1, 0.15) is 23.4 Å². The summed E-state index contributed by atoms with van der Waals surface area (Å²) in [7, 11) is 0. The van der Waals surface area contributed by atoms with Crippen LogP contribution < -0.4 is 4.74 Å². The fraction of sp³-hybridized carbons (Fsp3) is 0.316. The van der Waals surface area contributed by atoms with E-state index in [1.165, 1.54) is 16.6 Å². The summed E-state index contributed by atoms with van der Waals surface area (Å²) in [4.78, 5) is 4.60. The second-order valence-electron chi connectivity index (χ2n) is 5.70. The first-order chi connectivity index (χ1) is 10.7. The molecular formula is C19H22N2O. The number of aryl methyl sites for hydroxylation is 3. The molecule has 0 aliphatic carbocycles. The van der Waals surface area contributed by atoms with E-state index in [4.69, 9.17) is 4.74 Å². The maximum Gasteiger partial charge on any atom is 0.122 e. The van der Waals surface area contributed by atoms with Crippen LogP contribution in [0, 0.1) is 20.8 Å². The van der Waals surface area contributed by atoms with Crippen molar-refractivity contribution in [2.24, 2.45) is 0 Å². The van der Waals surface area contributed by atoms with Crippen molar-refractivity contribution in [3.05, 3.63) is 59.4 Å². The highest BCUT2D eigenvalue weighted by Crippen LogP contribution is 2.21. The van der Waals surface area contributed by atoms with Crippen molar-refractivity contribution in [2.45, 2.75) is 33.7 Å². The van der Waals surface area contributed by atoms with Gasteiger partial charge < -0.3 is 9.30 Å². The predicted octanol–water partition coefficient (Wildman–Crippen LogP) is 4.43. The molecule has 114 valence electrons. The lowest BCUT2D eigenvalue weighted by Crippen LogP contribution is -2.06. The molecule has 0 aliphatic rings. The Morgan fingerprint density at radius 2 is 1.82 bits per heavy atom. The van der Waals surface area contributed by atoms with Crippen LogP contribution in [0.3, 0.4) is 0 Å². The average Bonchev–Trinajstić information content (AvgIpc) is 2.83. The van der Waals surface area contributed by atoms with E-state index in [9.17, 15) is 0 Å². The Labute approximate surface area is 131 Å². The van der Waals surface area contributed by atoms with Gasteiger partial charge in [-0.3, -0.25) is 0 Å². The van der Waals surface area contributed by atoms with Crippen LogP contribution in [0.4, 0.5) is 0 Å². The summed E-state index contributed by atoms with van der Waals surface area (Å²) in [6.45, 7) is 7.93. The van der Waals surface area contributed by atoms with E-state index in [0.29, 0.717) is 0 Å². The van der Waals surface area contributed by atoms with Gasteiger partial charge in [0.25, 0.3) is 0 Å². The molecule has 0 amide bonds. The van der Waals surface area contributed by atoms with Gasteiger partial charge in [0.1, 0.15) is 11.6 Å². The number of hydrogen-bond donors (Lipinski definition) is 0. The number of para-hydroxylation sites is 2. The van der Waals surface area contributed by atoms with Gasteiger partial charge in [0.15, 0.2) is 0 Å². The lowest BCUT2D eigenvalue weighted by atomic mass is 10.1. The fourth-order valence-electron chi connectivity index (χ4n) is 2.76. The zero-order valence-corrected chi connectivity index (χ0v) is 13.5. The summed E-state index contributed by atoms with van der Waals surface area (Å²) in [6.07, 6.45) is 0.967. The highest BCUT2D eigenvalue weighted by atomic mass is 16.5. The van der Waals surface area contributed by atoms with Crippen LogP contribution >= 0.6 is 0 Å². The number of fused-ring (bicyclic) bond motifs is 1. The van der Waals surface area contributed by atoms with Gasteiger partial charge in [0, 0.05) is 6.54 Å². The summed E-state index contributed by atoms with van der Waals surface area (Å²) in [5, 5.41) is 0. The number of hydrogen-bond acceptors (Lipinski definition) is 2. The van der Waals surface area contributed by atoms with E-state index in [1.807, 2.05) is 18.2 Å². The van der Waals surface area contributed by atoms with Crippen molar-refractivity contribution >= 4 is 11.0 Å². The molecule has 3 nitrogen and oxygen atoms in total. The minimum absolute atomic E-state index is 0.718. The number of ether oxygens (including phenoxy) is 1. The second kappa shape index (κ2) is 6.22. The van der Waals surface area contributed by atoms with Crippen molar-refractivity contribution < 1.29 is 4.74 Å². The van der Waals surface area contributed by atoms with Gasteiger partial charge in [-0.25, -0.2) is 4.98 Å². The molecule has 3 heteroatoms. The van der Waals surface area contributed by atoms with Crippen molar-refractivity contribution in [2.75, 3.05) is 6.61 Å². The maximum atomic E-state index is 5.93. The van der Waals surface area contributed by atoms with Gasteiger partial charge in [0.2, 0.25) is 0 Å². The Hall–Kier alpha value is -2.29. The molecular weight excluding hydrogens is 272 g/mol. The van der Waals surface area contributed by atoms with Gasteiger partial charge in [0.05, 0.1) is 17.6 Å². The van der Waals surface area contributed by atoms with Gasteiger partial charge in [-0.15, -0.1) is 0 Å². The third-order valence-corrected chi connectivity index (χ3v) is 4.18. The third kappa shape index (κ3) is 2.84. The summed E-state index contributed by atoms with van der Waals surface area (Å²) in [5.74, 6) is 2.06. The molecule has 0 atom stereocenters. The van der Waals surface area contributed by atoms with Crippen LogP contribution in [-0.4, -0.2) is 16.2 Å². The second-order valence-corrected chi connectivity index (χ2v) is 5.70. The largest absolute Gasteiger partial charge is 0.493 e. The highest BCUT2D eigenvalue weighted by Gasteiger charge is 2.06. The van der Waals surface area contributed by atoms with Gasteiger partial charge in [-0.1, -0.05) is 24.3 Å². The quantitative estimate of drug-likeness (QED) is 0.651. The van der Waals surface area contributed by atoms with E-state index in [2.05, 4.69) is 54.6 Å². The maximum absolute atomic E-state index is 5.93. The number of nitrogens with zero attached hydrogens (tertiary/aromatic N) is 2.